The molecule has 18 heavy (non-hydrogen) atoms. The van der Waals surface area contributed by atoms with Gasteiger partial charge in [0.05, 0.1) is 6.10 Å². The smallest absolute Gasteiger partial charge is 0.379 e. The van der Waals surface area contributed by atoms with Gasteiger partial charge in [-0.2, -0.15) is 13.2 Å². The summed E-state index contributed by atoms with van der Waals surface area (Å²) in [5.74, 6) is 0.933. The maximum Gasteiger partial charge on any atom is 0.379 e. The maximum absolute atomic E-state index is 9.67. The minimum absolute atomic E-state index is 0.414. The molecular weight excluding hydrogens is 261 g/mol. The number of ether oxygens (including phenoxy) is 1. The maximum atomic E-state index is 9.67. The first-order valence-electron chi connectivity index (χ1n) is 5.96. The van der Waals surface area contributed by atoms with Gasteiger partial charge in [-0.05, 0) is 37.8 Å². The highest BCUT2D eigenvalue weighted by Crippen LogP contribution is 2.27. The summed E-state index contributed by atoms with van der Waals surface area (Å²) >= 11 is 4.37. The lowest BCUT2D eigenvalue weighted by Gasteiger charge is -2.23. The van der Waals surface area contributed by atoms with Gasteiger partial charge in [0.25, 0.3) is 0 Å². The van der Waals surface area contributed by atoms with Crippen molar-refractivity contribution in [1.29, 1.82) is 0 Å². The molecule has 102 valence electrons. The molecule has 0 amide bonds. The predicted octanol–water partition coefficient (Wildman–Crippen LogP) is 4.87. The topological polar surface area (TPSA) is 9.23 Å². The lowest BCUT2D eigenvalue weighted by Crippen LogP contribution is -2.19. The Hall–Kier alpha value is -0.840. The molecule has 0 aliphatic heterocycles. The van der Waals surface area contributed by atoms with Gasteiger partial charge in [-0.25, -0.2) is 0 Å². The van der Waals surface area contributed by atoms with Gasteiger partial charge >= 0.3 is 6.68 Å². The third kappa shape index (κ3) is 6.19. The molecule has 1 nitrogen and oxygen atoms in total. The molecule has 0 spiro atoms. The second-order valence-electron chi connectivity index (χ2n) is 4.09. The molecule has 0 saturated heterocycles. The van der Waals surface area contributed by atoms with E-state index in [1.165, 1.54) is 32.1 Å². The van der Waals surface area contributed by atoms with Crippen molar-refractivity contribution in [3.8, 4) is 5.75 Å². The Morgan fingerprint density at radius 2 is 1.61 bits per heavy atom. The van der Waals surface area contributed by atoms with Crippen molar-refractivity contribution in [2.45, 2.75) is 49.8 Å². The number of para-hydroxylation sites is 1. The predicted molar refractivity (Wildman–Crippen MR) is 68.3 cm³/mol. The van der Waals surface area contributed by atoms with Crippen LogP contribution in [0.2, 0.25) is 0 Å². The minimum Gasteiger partial charge on any atom is -0.489 e. The van der Waals surface area contributed by atoms with Gasteiger partial charge in [0.2, 0.25) is 0 Å². The average molecular weight is 278 g/mol. The molecule has 1 saturated carbocycles. The van der Waals surface area contributed by atoms with Crippen LogP contribution in [-0.2, 0) is 0 Å². The van der Waals surface area contributed by atoms with Crippen LogP contribution in [0, 0.1) is 0 Å². The van der Waals surface area contributed by atoms with E-state index in [9.17, 15) is 13.2 Å². The lowest BCUT2D eigenvalue weighted by molar-refractivity contribution is 0.00819. The molecule has 0 N–H and O–H groups in total. The fourth-order valence-electron chi connectivity index (χ4n) is 1.92. The zero-order valence-electron chi connectivity index (χ0n) is 9.99. The van der Waals surface area contributed by atoms with Crippen molar-refractivity contribution in [3.63, 3.8) is 0 Å². The molecule has 0 heterocycles. The number of hydrogen-bond acceptors (Lipinski definition) is 2. The lowest BCUT2D eigenvalue weighted by atomic mass is 9.98. The van der Waals surface area contributed by atoms with E-state index in [4.69, 9.17) is 4.74 Å². The van der Waals surface area contributed by atoms with Crippen LogP contribution in [-0.4, -0.2) is 12.8 Å². The van der Waals surface area contributed by atoms with Gasteiger partial charge in [0.15, 0.2) is 0 Å². The molecule has 1 aliphatic rings. The third-order valence-electron chi connectivity index (χ3n) is 2.71. The fourth-order valence-corrected chi connectivity index (χ4v) is 2.13. The highest BCUT2D eigenvalue weighted by atomic mass is 32.1. The van der Waals surface area contributed by atoms with E-state index in [-0.39, 0.29) is 0 Å². The van der Waals surface area contributed by atoms with E-state index >= 15 is 0 Å². The number of rotatable bonds is 2. The van der Waals surface area contributed by atoms with Crippen molar-refractivity contribution >= 4 is 12.6 Å². The summed E-state index contributed by atoms with van der Waals surface area (Å²) in [4.78, 5) is 0.943. The Balaban J connectivity index is 0.000000357. The van der Waals surface area contributed by atoms with Crippen molar-refractivity contribution in [3.05, 3.63) is 24.3 Å². The molecule has 1 aromatic rings. The van der Waals surface area contributed by atoms with Crippen molar-refractivity contribution < 1.29 is 17.9 Å². The minimum atomic E-state index is -3.67. The monoisotopic (exact) mass is 278 g/mol. The summed E-state index contributed by atoms with van der Waals surface area (Å²) in [7, 11) is 0. The summed E-state index contributed by atoms with van der Waals surface area (Å²) < 4.78 is 34.9. The first-order valence-corrected chi connectivity index (χ1v) is 6.41. The van der Waals surface area contributed by atoms with Gasteiger partial charge in [-0.3, -0.25) is 0 Å². The molecule has 1 aromatic carbocycles. The zero-order valence-corrected chi connectivity index (χ0v) is 10.9. The van der Waals surface area contributed by atoms with Crippen LogP contribution in [0.5, 0.6) is 5.75 Å². The van der Waals surface area contributed by atoms with E-state index in [0.29, 0.717) is 6.10 Å². The summed E-state index contributed by atoms with van der Waals surface area (Å²) in [6.45, 7) is -3.67. The van der Waals surface area contributed by atoms with Crippen LogP contribution in [0.3, 0.4) is 0 Å². The molecule has 1 aliphatic carbocycles. The van der Waals surface area contributed by atoms with Crippen LogP contribution in [0.4, 0.5) is 13.2 Å². The molecule has 0 aromatic heterocycles. The number of hydrogen-bond donors (Lipinski definition) is 1. The van der Waals surface area contributed by atoms with Gasteiger partial charge in [-0.1, -0.05) is 18.6 Å². The van der Waals surface area contributed by atoms with Crippen molar-refractivity contribution in [2.24, 2.45) is 0 Å². The van der Waals surface area contributed by atoms with Crippen LogP contribution in [0.15, 0.2) is 29.2 Å². The number of benzene rings is 1. The van der Waals surface area contributed by atoms with E-state index in [2.05, 4.69) is 12.6 Å². The quantitative estimate of drug-likeness (QED) is 0.760. The third-order valence-corrected chi connectivity index (χ3v) is 3.08. The van der Waals surface area contributed by atoms with Crippen LogP contribution >= 0.6 is 12.6 Å². The number of thiol groups is 1. The number of alkyl halides is 3. The Bertz CT molecular complexity index is 338. The molecule has 1 fully saturated rings. The highest BCUT2D eigenvalue weighted by Gasteiger charge is 2.15. The highest BCUT2D eigenvalue weighted by molar-refractivity contribution is 7.80. The van der Waals surface area contributed by atoms with Gasteiger partial charge in [0, 0.05) is 4.90 Å². The van der Waals surface area contributed by atoms with Crippen LogP contribution in [0.1, 0.15) is 32.1 Å². The van der Waals surface area contributed by atoms with E-state index in [0.717, 1.165) is 10.6 Å². The number of halogens is 3. The first kappa shape index (κ1) is 15.2. The SMILES string of the molecule is FC(F)F.Sc1ccccc1OC1CCCCC1. The van der Waals surface area contributed by atoms with Crippen LogP contribution < -0.4 is 4.74 Å². The molecule has 2 rings (SSSR count). The average Bonchev–Trinajstić information content (AvgIpc) is 2.33. The van der Waals surface area contributed by atoms with Crippen molar-refractivity contribution in [2.75, 3.05) is 0 Å². The second-order valence-corrected chi connectivity index (χ2v) is 4.57. The Labute approximate surface area is 111 Å². The molecule has 0 bridgehead atoms. The fraction of sp³-hybridized carbons (Fsp3) is 0.538. The normalized spacial score (nSPS) is 16.1. The van der Waals surface area contributed by atoms with E-state index in [1.807, 2.05) is 24.3 Å². The van der Waals surface area contributed by atoms with E-state index in [1.54, 1.807) is 0 Å². The molecule has 0 radical (unpaired) electrons. The van der Waals surface area contributed by atoms with Gasteiger partial charge < -0.3 is 4.74 Å². The molecular formula is C13H17F3OS. The van der Waals surface area contributed by atoms with Gasteiger partial charge in [0.1, 0.15) is 5.75 Å². The Morgan fingerprint density at radius 1 is 1.06 bits per heavy atom. The summed E-state index contributed by atoms with van der Waals surface area (Å²) in [5.41, 5.74) is 0. The van der Waals surface area contributed by atoms with Crippen LogP contribution in [0.25, 0.3) is 0 Å². The van der Waals surface area contributed by atoms with Crippen molar-refractivity contribution in [1.82, 2.24) is 0 Å². The van der Waals surface area contributed by atoms with Gasteiger partial charge in [-0.15, -0.1) is 12.6 Å². The summed E-state index contributed by atoms with van der Waals surface area (Å²) in [6, 6.07) is 7.95. The first-order chi connectivity index (χ1) is 8.59. The largest absolute Gasteiger partial charge is 0.489 e. The van der Waals surface area contributed by atoms with E-state index < -0.39 is 6.68 Å². The summed E-state index contributed by atoms with van der Waals surface area (Å²) in [5, 5.41) is 0. The molecule has 0 atom stereocenters. The molecule has 0 unspecified atom stereocenters. The standard InChI is InChI=1S/C12H16OS.CHF3/c14-12-9-5-4-8-11(12)13-10-6-2-1-3-7-10;2-1(3)4/h4-5,8-10,14H,1-3,6-7H2;1H. The Morgan fingerprint density at radius 3 is 2.17 bits per heavy atom. The second kappa shape index (κ2) is 8.29. The molecule has 5 heteroatoms. The summed E-state index contributed by atoms with van der Waals surface area (Å²) in [6.07, 6.45) is 6.78. The zero-order chi connectivity index (χ0) is 13.4. The Kier molecular flexibility index (Phi) is 7.01.